The first kappa shape index (κ1) is 28.5. The molecule has 1 aliphatic heterocycles. The monoisotopic (exact) mass is 514 g/mol. The molecule has 0 saturated carbocycles. The molecule has 3 rings (SSSR count). The summed E-state index contributed by atoms with van der Waals surface area (Å²) in [6.07, 6.45) is -1.02. The van der Waals surface area contributed by atoms with Gasteiger partial charge in [-0.05, 0) is 50.0 Å². The Balaban J connectivity index is 2.05. The maximum absolute atomic E-state index is 12.9. The highest BCUT2D eigenvalue weighted by molar-refractivity contribution is 6.99. The summed E-state index contributed by atoms with van der Waals surface area (Å²) in [5.41, 5.74) is -2.33. The van der Waals surface area contributed by atoms with Crippen molar-refractivity contribution >= 4 is 24.7 Å². The third-order valence-corrected chi connectivity index (χ3v) is 11.4. The quantitative estimate of drug-likeness (QED) is 0.421. The summed E-state index contributed by atoms with van der Waals surface area (Å²) in [5.74, 6) is -1.38. The van der Waals surface area contributed by atoms with E-state index in [2.05, 4.69) is 45.0 Å². The highest BCUT2D eigenvalue weighted by atomic mass is 28.4. The summed E-state index contributed by atoms with van der Waals surface area (Å²) in [6, 6.07) is 20.4. The maximum Gasteiger partial charge on any atom is 0.309 e. The molecule has 0 aromatic heterocycles. The summed E-state index contributed by atoms with van der Waals surface area (Å²) in [5, 5.41) is 13.9. The highest BCUT2D eigenvalue weighted by Gasteiger charge is 2.54. The molecule has 1 fully saturated rings. The Morgan fingerprint density at radius 1 is 0.972 bits per heavy atom. The Bertz CT molecular complexity index is 970. The summed E-state index contributed by atoms with van der Waals surface area (Å²) in [4.78, 5) is 12.9. The molecule has 1 aliphatic rings. The van der Waals surface area contributed by atoms with Crippen LogP contribution < -0.4 is 10.4 Å². The zero-order valence-corrected chi connectivity index (χ0v) is 24.0. The van der Waals surface area contributed by atoms with Crippen molar-refractivity contribution in [1.29, 1.82) is 0 Å². The largest absolute Gasteiger partial charge is 0.460 e. The van der Waals surface area contributed by atoms with Crippen LogP contribution in [0, 0.1) is 0 Å². The number of aliphatic hydroxyl groups is 1. The lowest BCUT2D eigenvalue weighted by molar-refractivity contribution is -0.189. The molecule has 2 atom stereocenters. The van der Waals surface area contributed by atoms with Gasteiger partial charge in [-0.25, -0.2) is 0 Å². The Labute approximate surface area is 217 Å². The lowest BCUT2D eigenvalue weighted by atomic mass is 9.94. The number of carbonyl (C=O) groups excluding carboxylic acids is 1. The predicted octanol–water partition coefficient (Wildman–Crippen LogP) is 4.18. The van der Waals surface area contributed by atoms with Crippen LogP contribution in [0.5, 0.6) is 0 Å². The van der Waals surface area contributed by atoms with Crippen LogP contribution in [0.3, 0.4) is 0 Å². The molecular weight excluding hydrogens is 472 g/mol. The van der Waals surface area contributed by atoms with E-state index in [1.165, 1.54) is 0 Å². The van der Waals surface area contributed by atoms with Crippen molar-refractivity contribution in [2.24, 2.45) is 0 Å². The fourth-order valence-electron chi connectivity index (χ4n) is 4.83. The number of hydrogen-bond acceptors (Lipinski definition) is 6. The van der Waals surface area contributed by atoms with E-state index in [4.69, 9.17) is 18.6 Å². The Morgan fingerprint density at radius 2 is 1.47 bits per heavy atom. The smallest absolute Gasteiger partial charge is 0.309 e. The molecule has 7 heteroatoms. The highest BCUT2D eigenvalue weighted by Crippen LogP contribution is 2.39. The van der Waals surface area contributed by atoms with Gasteiger partial charge in [-0.15, -0.1) is 0 Å². The van der Waals surface area contributed by atoms with Crippen molar-refractivity contribution in [3.05, 3.63) is 60.7 Å². The summed E-state index contributed by atoms with van der Waals surface area (Å²) < 4.78 is 24.4. The van der Waals surface area contributed by atoms with Crippen molar-refractivity contribution in [1.82, 2.24) is 0 Å². The van der Waals surface area contributed by atoms with E-state index in [9.17, 15) is 9.90 Å². The van der Waals surface area contributed by atoms with Crippen LogP contribution in [0.4, 0.5) is 0 Å². The minimum Gasteiger partial charge on any atom is -0.460 e. The van der Waals surface area contributed by atoms with Crippen molar-refractivity contribution in [3.8, 4) is 0 Å². The van der Waals surface area contributed by atoms with Crippen LogP contribution in [-0.4, -0.2) is 55.7 Å². The molecule has 1 heterocycles. The second-order valence-electron chi connectivity index (χ2n) is 12.1. The average molecular weight is 515 g/mol. The van der Waals surface area contributed by atoms with E-state index in [1.54, 1.807) is 34.6 Å². The second-order valence-corrected chi connectivity index (χ2v) is 16.4. The normalized spacial score (nSPS) is 20.1. The molecule has 1 saturated heterocycles. The molecule has 0 radical (unpaired) electrons. The molecule has 198 valence electrons. The van der Waals surface area contributed by atoms with E-state index in [0.717, 1.165) is 10.4 Å². The standard InChI is InChI=1S/C29H42O6Si/c1-26(2,3)35-25(30)19-29(31,24-20-32-28(7,8)34-24)21-33-36(27(4,5)6,22-15-11-9-12-16-22)23-17-13-10-14-18-23/h9-18,24,31H,19-21H2,1-8H3/t24-,29+/m0/s1. The molecule has 0 spiro atoms. The number of rotatable bonds is 8. The SMILES string of the molecule is CC(C)(C)OC(=O)C[C@@](O)(CO[Si](c1ccccc1)(c1ccccc1)C(C)(C)C)[C@@H]1COC(C)(C)O1. The lowest BCUT2D eigenvalue weighted by Crippen LogP contribution is -2.68. The second kappa shape index (κ2) is 10.4. The molecular formula is C29H42O6Si. The Kier molecular flexibility index (Phi) is 8.23. The van der Waals surface area contributed by atoms with Crippen LogP contribution >= 0.6 is 0 Å². The minimum atomic E-state index is -2.95. The first-order valence-electron chi connectivity index (χ1n) is 12.6. The number of benzene rings is 2. The molecule has 0 aliphatic carbocycles. The number of carbonyl (C=O) groups is 1. The van der Waals surface area contributed by atoms with E-state index >= 15 is 0 Å². The Morgan fingerprint density at radius 3 is 1.86 bits per heavy atom. The average Bonchev–Trinajstić information content (AvgIpc) is 3.14. The van der Waals surface area contributed by atoms with E-state index in [-0.39, 0.29) is 24.7 Å². The maximum atomic E-state index is 12.9. The molecule has 2 aromatic carbocycles. The molecule has 0 amide bonds. The van der Waals surface area contributed by atoms with Gasteiger partial charge in [0.15, 0.2) is 5.79 Å². The van der Waals surface area contributed by atoms with Gasteiger partial charge < -0.3 is 23.7 Å². The van der Waals surface area contributed by atoms with Crippen molar-refractivity contribution in [2.45, 2.75) is 89.9 Å². The van der Waals surface area contributed by atoms with Crippen LogP contribution in [0.1, 0.15) is 61.8 Å². The van der Waals surface area contributed by atoms with Crippen molar-refractivity contribution < 1.29 is 28.5 Å². The molecule has 6 nitrogen and oxygen atoms in total. The topological polar surface area (TPSA) is 74.2 Å². The predicted molar refractivity (Wildman–Crippen MR) is 144 cm³/mol. The van der Waals surface area contributed by atoms with E-state index in [1.807, 2.05) is 36.4 Å². The number of ether oxygens (including phenoxy) is 3. The van der Waals surface area contributed by atoms with Gasteiger partial charge in [-0.1, -0.05) is 81.4 Å². The molecule has 36 heavy (non-hydrogen) atoms. The fraction of sp³-hybridized carbons (Fsp3) is 0.552. The van der Waals surface area contributed by atoms with Crippen LogP contribution in [0.25, 0.3) is 0 Å². The zero-order chi connectivity index (χ0) is 26.8. The summed E-state index contributed by atoms with van der Waals surface area (Å²) in [6.45, 7) is 15.6. The molecule has 1 N–H and O–H groups in total. The number of esters is 1. The van der Waals surface area contributed by atoms with Crippen molar-refractivity contribution in [2.75, 3.05) is 13.2 Å². The van der Waals surface area contributed by atoms with E-state index < -0.39 is 37.4 Å². The third-order valence-electron chi connectivity index (χ3n) is 6.43. The molecule has 0 bridgehead atoms. The van der Waals surface area contributed by atoms with Gasteiger partial charge in [0.2, 0.25) is 0 Å². The van der Waals surface area contributed by atoms with Crippen molar-refractivity contribution in [3.63, 3.8) is 0 Å². The van der Waals surface area contributed by atoms with Crippen LogP contribution in [0.2, 0.25) is 5.04 Å². The van der Waals surface area contributed by atoms with Gasteiger partial charge in [0.25, 0.3) is 8.32 Å². The van der Waals surface area contributed by atoms with Gasteiger partial charge in [0, 0.05) is 0 Å². The van der Waals surface area contributed by atoms with Gasteiger partial charge in [-0.2, -0.15) is 0 Å². The lowest BCUT2D eigenvalue weighted by Gasteiger charge is -2.45. The number of hydrogen-bond donors (Lipinski definition) is 1. The first-order valence-corrected chi connectivity index (χ1v) is 14.5. The fourth-order valence-corrected chi connectivity index (χ4v) is 9.45. The summed E-state index contributed by atoms with van der Waals surface area (Å²) in [7, 11) is -2.95. The van der Waals surface area contributed by atoms with Crippen LogP contribution in [-0.2, 0) is 23.4 Å². The zero-order valence-electron chi connectivity index (χ0n) is 23.0. The van der Waals surface area contributed by atoms with Gasteiger partial charge in [0.1, 0.15) is 17.3 Å². The first-order chi connectivity index (χ1) is 16.6. The molecule has 0 unspecified atom stereocenters. The minimum absolute atomic E-state index is 0.108. The third kappa shape index (κ3) is 6.44. The van der Waals surface area contributed by atoms with Gasteiger partial charge in [0.05, 0.1) is 19.6 Å². The molecule has 2 aromatic rings. The van der Waals surface area contributed by atoms with Gasteiger partial charge in [-0.3, -0.25) is 4.79 Å². The van der Waals surface area contributed by atoms with Gasteiger partial charge >= 0.3 is 5.97 Å². The van der Waals surface area contributed by atoms with Crippen LogP contribution in [0.15, 0.2) is 60.7 Å². The van der Waals surface area contributed by atoms with E-state index in [0.29, 0.717) is 0 Å². The Hall–Kier alpha value is -2.03. The summed E-state index contributed by atoms with van der Waals surface area (Å²) >= 11 is 0.